The summed E-state index contributed by atoms with van der Waals surface area (Å²) in [7, 11) is 0. The van der Waals surface area contributed by atoms with Crippen molar-refractivity contribution in [3.8, 4) is 0 Å². The molecule has 0 bridgehead atoms. The number of imide groups is 1. The molecule has 0 aliphatic carbocycles. The smallest absolute Gasteiger partial charge is 0.360 e. The Bertz CT molecular complexity index is 753. The van der Waals surface area contributed by atoms with Gasteiger partial charge in [0.2, 0.25) is 0 Å². The Morgan fingerprint density at radius 1 is 1.15 bits per heavy atom. The van der Waals surface area contributed by atoms with Gasteiger partial charge in [0.1, 0.15) is 0 Å². The lowest BCUT2D eigenvalue weighted by Gasteiger charge is -2.27. The SMILES string of the molecule is O=C1c2ccccc2C(=O)N1C/C=C1/CCCN(OC(=O)C(F)(F)F)C1. The van der Waals surface area contributed by atoms with Crippen LogP contribution in [0.25, 0.3) is 0 Å². The molecule has 0 unspecified atom stereocenters. The number of fused-ring (bicyclic) bond motifs is 1. The second-order valence-corrected chi connectivity index (χ2v) is 5.97. The zero-order valence-electron chi connectivity index (χ0n) is 13.6. The number of hydrogen-bond donors (Lipinski definition) is 0. The molecule has 26 heavy (non-hydrogen) atoms. The number of halogens is 3. The van der Waals surface area contributed by atoms with E-state index in [0.717, 1.165) is 9.96 Å². The van der Waals surface area contributed by atoms with E-state index in [-0.39, 0.29) is 19.6 Å². The van der Waals surface area contributed by atoms with E-state index in [9.17, 15) is 27.6 Å². The first-order valence-corrected chi connectivity index (χ1v) is 7.94. The molecule has 2 heterocycles. The fourth-order valence-corrected chi connectivity index (χ4v) is 2.91. The number of hydrogen-bond acceptors (Lipinski definition) is 5. The van der Waals surface area contributed by atoms with Crippen LogP contribution in [0, 0.1) is 0 Å². The van der Waals surface area contributed by atoms with Crippen LogP contribution in [0.15, 0.2) is 35.9 Å². The second kappa shape index (κ2) is 6.91. The molecule has 2 aliphatic heterocycles. The Balaban J connectivity index is 1.63. The number of amides is 2. The highest BCUT2D eigenvalue weighted by Crippen LogP contribution is 2.24. The molecule has 138 valence electrons. The Kier molecular flexibility index (Phi) is 4.82. The molecule has 1 aromatic rings. The van der Waals surface area contributed by atoms with Gasteiger partial charge in [-0.2, -0.15) is 13.2 Å². The summed E-state index contributed by atoms with van der Waals surface area (Å²) in [5.41, 5.74) is 1.36. The Labute approximate surface area is 146 Å². The van der Waals surface area contributed by atoms with E-state index in [0.29, 0.717) is 29.5 Å². The molecule has 6 nitrogen and oxygen atoms in total. The van der Waals surface area contributed by atoms with Crippen LogP contribution in [0.4, 0.5) is 13.2 Å². The first kappa shape index (κ1) is 18.1. The monoisotopic (exact) mass is 368 g/mol. The number of piperidine rings is 1. The number of alkyl halides is 3. The first-order chi connectivity index (χ1) is 12.3. The molecule has 2 aliphatic rings. The summed E-state index contributed by atoms with van der Waals surface area (Å²) in [6, 6.07) is 6.48. The van der Waals surface area contributed by atoms with Crippen LogP contribution >= 0.6 is 0 Å². The van der Waals surface area contributed by atoms with Crippen molar-refractivity contribution >= 4 is 17.8 Å². The summed E-state index contributed by atoms with van der Waals surface area (Å²) in [5, 5.41) is 0.938. The summed E-state index contributed by atoms with van der Waals surface area (Å²) >= 11 is 0. The van der Waals surface area contributed by atoms with Gasteiger partial charge in [-0.3, -0.25) is 14.5 Å². The van der Waals surface area contributed by atoms with Crippen LogP contribution < -0.4 is 0 Å². The predicted octanol–water partition coefficient (Wildman–Crippen LogP) is 2.33. The Morgan fingerprint density at radius 3 is 2.35 bits per heavy atom. The Morgan fingerprint density at radius 2 is 1.77 bits per heavy atom. The van der Waals surface area contributed by atoms with Gasteiger partial charge in [0.15, 0.2) is 0 Å². The first-order valence-electron chi connectivity index (χ1n) is 7.94. The number of nitrogens with zero attached hydrogens (tertiary/aromatic N) is 2. The fourth-order valence-electron chi connectivity index (χ4n) is 2.91. The van der Waals surface area contributed by atoms with Gasteiger partial charge in [-0.1, -0.05) is 23.8 Å². The molecule has 9 heteroatoms. The zero-order valence-corrected chi connectivity index (χ0v) is 13.6. The fraction of sp³-hybridized carbons (Fsp3) is 0.353. The van der Waals surface area contributed by atoms with Gasteiger partial charge in [0, 0.05) is 13.1 Å². The van der Waals surface area contributed by atoms with Crippen molar-refractivity contribution in [1.29, 1.82) is 0 Å². The molecule has 1 aromatic carbocycles. The second-order valence-electron chi connectivity index (χ2n) is 5.97. The van der Waals surface area contributed by atoms with E-state index in [2.05, 4.69) is 4.84 Å². The molecule has 1 saturated heterocycles. The highest BCUT2D eigenvalue weighted by molar-refractivity contribution is 6.21. The highest BCUT2D eigenvalue weighted by Gasteiger charge is 2.43. The van der Waals surface area contributed by atoms with Crippen LogP contribution in [0.5, 0.6) is 0 Å². The molecule has 0 radical (unpaired) electrons. The maximum atomic E-state index is 12.3. The van der Waals surface area contributed by atoms with E-state index < -0.39 is 24.0 Å². The highest BCUT2D eigenvalue weighted by atomic mass is 19.4. The lowest BCUT2D eigenvalue weighted by Crippen LogP contribution is -2.38. The number of benzene rings is 1. The van der Waals surface area contributed by atoms with Crippen molar-refractivity contribution in [2.45, 2.75) is 19.0 Å². The molecule has 3 rings (SSSR count). The lowest BCUT2D eigenvalue weighted by molar-refractivity contribution is -0.238. The summed E-state index contributed by atoms with van der Waals surface area (Å²) in [6.45, 7) is 0.208. The van der Waals surface area contributed by atoms with Crippen LogP contribution in [0.3, 0.4) is 0 Å². The quantitative estimate of drug-likeness (QED) is 0.605. The molecule has 0 N–H and O–H groups in total. The Hall–Kier alpha value is -2.68. The normalized spacial score (nSPS) is 19.8. The van der Waals surface area contributed by atoms with Crippen molar-refractivity contribution in [3.63, 3.8) is 0 Å². The largest absolute Gasteiger partial charge is 0.492 e. The third-order valence-corrected chi connectivity index (χ3v) is 4.17. The lowest BCUT2D eigenvalue weighted by atomic mass is 10.1. The third-order valence-electron chi connectivity index (χ3n) is 4.17. The minimum absolute atomic E-state index is 0.00495. The summed E-state index contributed by atoms with van der Waals surface area (Å²) in [6.07, 6.45) is -2.35. The van der Waals surface area contributed by atoms with E-state index >= 15 is 0 Å². The van der Waals surface area contributed by atoms with Gasteiger partial charge in [-0.25, -0.2) is 4.79 Å². The number of hydroxylamine groups is 2. The molecule has 0 saturated carbocycles. The molecule has 1 fully saturated rings. The van der Waals surface area contributed by atoms with Gasteiger partial charge >= 0.3 is 12.1 Å². The van der Waals surface area contributed by atoms with Crippen LogP contribution in [0.1, 0.15) is 33.6 Å². The summed E-state index contributed by atoms with van der Waals surface area (Å²) < 4.78 is 36.8. The summed E-state index contributed by atoms with van der Waals surface area (Å²) in [4.78, 5) is 40.9. The predicted molar refractivity (Wildman–Crippen MR) is 82.8 cm³/mol. The van der Waals surface area contributed by atoms with Crippen LogP contribution in [-0.4, -0.2) is 53.6 Å². The van der Waals surface area contributed by atoms with Crippen LogP contribution in [0.2, 0.25) is 0 Å². The topological polar surface area (TPSA) is 66.9 Å². The minimum Gasteiger partial charge on any atom is -0.360 e. The van der Waals surface area contributed by atoms with Crippen LogP contribution in [-0.2, 0) is 9.63 Å². The zero-order chi connectivity index (χ0) is 18.9. The average molecular weight is 368 g/mol. The summed E-state index contributed by atoms with van der Waals surface area (Å²) in [5.74, 6) is -3.07. The molecular formula is C17H15F3N2O4. The maximum absolute atomic E-state index is 12.3. The molecule has 2 amide bonds. The number of rotatable bonds is 3. The molecule has 0 atom stereocenters. The third kappa shape index (κ3) is 3.62. The van der Waals surface area contributed by atoms with E-state index in [4.69, 9.17) is 0 Å². The number of carbonyl (C=O) groups excluding carboxylic acids is 3. The van der Waals surface area contributed by atoms with Gasteiger partial charge in [-0.15, -0.1) is 5.06 Å². The van der Waals surface area contributed by atoms with Crippen molar-refractivity contribution in [2.24, 2.45) is 0 Å². The maximum Gasteiger partial charge on any atom is 0.492 e. The minimum atomic E-state index is -5.05. The van der Waals surface area contributed by atoms with E-state index in [1.165, 1.54) is 0 Å². The number of carbonyl (C=O) groups is 3. The van der Waals surface area contributed by atoms with Crippen molar-refractivity contribution in [2.75, 3.05) is 19.6 Å². The van der Waals surface area contributed by atoms with Gasteiger partial charge in [0.05, 0.1) is 17.7 Å². The van der Waals surface area contributed by atoms with Gasteiger partial charge in [0.25, 0.3) is 11.8 Å². The standard InChI is InChI=1S/C17H15F3N2O4/c18-17(19,20)16(25)26-21-8-3-4-11(10-21)7-9-22-14(23)12-5-1-2-6-13(12)15(22)24/h1-2,5-7H,3-4,8-10H2/b11-7-. The van der Waals surface area contributed by atoms with Crippen molar-refractivity contribution < 1.29 is 32.4 Å². The molecular weight excluding hydrogens is 353 g/mol. The molecule has 0 aromatic heterocycles. The van der Waals surface area contributed by atoms with E-state index in [1.807, 2.05) is 0 Å². The van der Waals surface area contributed by atoms with Crippen molar-refractivity contribution in [1.82, 2.24) is 9.96 Å². The van der Waals surface area contributed by atoms with Gasteiger partial charge in [-0.05, 0) is 25.0 Å². The molecule has 0 spiro atoms. The average Bonchev–Trinajstić information content (AvgIpc) is 2.84. The van der Waals surface area contributed by atoms with Crippen molar-refractivity contribution in [3.05, 3.63) is 47.0 Å². The van der Waals surface area contributed by atoms with Gasteiger partial charge < -0.3 is 4.84 Å². The van der Waals surface area contributed by atoms with E-state index in [1.54, 1.807) is 30.3 Å².